The second-order valence-electron chi connectivity index (χ2n) is 18.9. The second kappa shape index (κ2) is 21.7. The highest BCUT2D eigenvalue weighted by molar-refractivity contribution is 6.18. The van der Waals surface area contributed by atoms with E-state index in [1.807, 2.05) is 110 Å². The third kappa shape index (κ3) is 10.5. The maximum atomic E-state index is 13.9. The maximum absolute atomic E-state index is 13.9. The molecule has 3 aliphatic carbocycles. The number of methoxy groups -OCH3 is 1. The van der Waals surface area contributed by atoms with Crippen LogP contribution in [0.3, 0.4) is 0 Å². The number of hydrogen-bond acceptors (Lipinski definition) is 12. The van der Waals surface area contributed by atoms with E-state index in [0.717, 1.165) is 61.2 Å². The fourth-order valence-corrected chi connectivity index (χ4v) is 11.5. The number of likely N-dealkylation sites (tertiary alicyclic amines) is 1. The molecule has 9 rings (SSSR count). The van der Waals surface area contributed by atoms with E-state index in [1.165, 1.54) is 19.3 Å². The summed E-state index contributed by atoms with van der Waals surface area (Å²) in [6.07, 6.45) is 15.5. The Labute approximate surface area is 400 Å². The molecule has 2 N–H and O–H groups in total. The molecule has 2 saturated carbocycles. The van der Waals surface area contributed by atoms with Crippen LogP contribution in [-0.2, 0) is 25.7 Å². The van der Waals surface area contributed by atoms with Gasteiger partial charge in [0.15, 0.2) is 6.61 Å². The minimum Gasteiger partial charge on any atom is -0.495 e. The fourth-order valence-electron chi connectivity index (χ4n) is 11.5. The molecule has 3 aromatic rings. The van der Waals surface area contributed by atoms with Gasteiger partial charge < -0.3 is 28.7 Å². The first-order valence-corrected chi connectivity index (χ1v) is 24.6. The monoisotopic (exact) mass is 930 g/mol. The smallest absolute Gasteiger partial charge is 0.412 e. The number of unbranched alkanes of at least 4 members (excludes halogenated alkanes) is 2. The van der Waals surface area contributed by atoms with Gasteiger partial charge in [0, 0.05) is 63.2 Å². The molecule has 3 aliphatic heterocycles. The SMILES string of the molecule is CCOc1ccccc1N1C(=O)C2C=CC=CC2=NC1CN1CCN(C(=O)COc2ccc(CNOCCCCCN3C4CCCC45CC(OC(=O)Nc4cc(C)ccc4OC)CC35)cc2)CC1. The number of carbonyl (C=O) groups is 3. The van der Waals surface area contributed by atoms with E-state index in [2.05, 4.69) is 20.6 Å². The van der Waals surface area contributed by atoms with Crippen molar-refractivity contribution in [2.45, 2.75) is 96.1 Å². The predicted molar refractivity (Wildman–Crippen MR) is 261 cm³/mol. The molecule has 3 heterocycles. The molecular formula is C53H67N7O8. The highest BCUT2D eigenvalue weighted by Crippen LogP contribution is 2.63. The van der Waals surface area contributed by atoms with Gasteiger partial charge in [0.2, 0.25) is 5.91 Å². The molecule has 6 unspecified atom stereocenters. The number of rotatable bonds is 20. The Bertz CT molecular complexity index is 2350. The van der Waals surface area contributed by atoms with E-state index in [0.29, 0.717) is 92.9 Å². The Morgan fingerprint density at radius 3 is 2.59 bits per heavy atom. The van der Waals surface area contributed by atoms with Gasteiger partial charge in [0.05, 0.1) is 43.3 Å². The molecule has 6 aliphatic rings. The summed E-state index contributed by atoms with van der Waals surface area (Å²) >= 11 is 0. The number of hydrogen-bond donors (Lipinski definition) is 2. The molecule has 3 aromatic carbocycles. The van der Waals surface area contributed by atoms with E-state index in [4.69, 9.17) is 28.8 Å². The zero-order valence-corrected chi connectivity index (χ0v) is 39.8. The number of fused-ring (bicyclic) bond motifs is 1. The summed E-state index contributed by atoms with van der Waals surface area (Å²) in [6, 6.07) is 22.2. The Morgan fingerprint density at radius 2 is 1.76 bits per heavy atom. The van der Waals surface area contributed by atoms with Gasteiger partial charge in [-0.3, -0.25) is 34.6 Å². The highest BCUT2D eigenvalue weighted by atomic mass is 16.6. The number of anilines is 2. The van der Waals surface area contributed by atoms with Crippen molar-refractivity contribution in [2.75, 3.05) is 76.4 Å². The minimum absolute atomic E-state index is 0.0191. The van der Waals surface area contributed by atoms with E-state index in [-0.39, 0.29) is 24.5 Å². The van der Waals surface area contributed by atoms with E-state index >= 15 is 0 Å². The van der Waals surface area contributed by atoms with Gasteiger partial charge in [0.25, 0.3) is 5.91 Å². The van der Waals surface area contributed by atoms with Gasteiger partial charge in [-0.2, -0.15) is 5.48 Å². The highest BCUT2D eigenvalue weighted by Gasteiger charge is 2.66. The molecule has 15 heteroatoms. The van der Waals surface area contributed by atoms with E-state index in [1.54, 1.807) is 12.0 Å². The van der Waals surface area contributed by atoms with Crippen molar-refractivity contribution in [3.05, 3.63) is 102 Å². The molecule has 0 bridgehead atoms. The Hall–Kier alpha value is -5.74. The third-order valence-electron chi connectivity index (χ3n) is 14.7. The van der Waals surface area contributed by atoms with Gasteiger partial charge in [-0.1, -0.05) is 55.0 Å². The number of piperazine rings is 1. The number of nitrogens with zero attached hydrogens (tertiary/aromatic N) is 5. The predicted octanol–water partition coefficient (Wildman–Crippen LogP) is 7.31. The van der Waals surface area contributed by atoms with Crippen LogP contribution in [0.15, 0.2) is 96.0 Å². The van der Waals surface area contributed by atoms with Gasteiger partial charge in [-0.15, -0.1) is 0 Å². The largest absolute Gasteiger partial charge is 0.495 e. The number of aryl methyl sites for hydroxylation is 1. The number of para-hydroxylation sites is 2. The zero-order valence-electron chi connectivity index (χ0n) is 39.8. The van der Waals surface area contributed by atoms with Crippen molar-refractivity contribution in [1.82, 2.24) is 20.2 Å². The Morgan fingerprint density at radius 1 is 0.926 bits per heavy atom. The van der Waals surface area contributed by atoms with Crippen LogP contribution in [-0.4, -0.2) is 129 Å². The topological polar surface area (TPSA) is 147 Å². The summed E-state index contributed by atoms with van der Waals surface area (Å²) in [4.78, 5) is 59.6. The zero-order chi connectivity index (χ0) is 47.0. The molecule has 0 aromatic heterocycles. The summed E-state index contributed by atoms with van der Waals surface area (Å²) in [5, 5.41) is 2.91. The molecule has 6 atom stereocenters. The minimum atomic E-state index is -0.425. The summed E-state index contributed by atoms with van der Waals surface area (Å²) < 4.78 is 23.3. The summed E-state index contributed by atoms with van der Waals surface area (Å²) in [5.74, 6) is 1.43. The van der Waals surface area contributed by atoms with Crippen LogP contribution in [0.25, 0.3) is 0 Å². The van der Waals surface area contributed by atoms with Gasteiger partial charge in [-0.05, 0) is 113 Å². The third-order valence-corrected chi connectivity index (χ3v) is 14.7. The van der Waals surface area contributed by atoms with Crippen molar-refractivity contribution in [3.8, 4) is 17.2 Å². The quantitative estimate of drug-likeness (QED) is 0.0869. The first-order chi connectivity index (χ1) is 33.2. The first kappa shape index (κ1) is 47.3. The van der Waals surface area contributed by atoms with E-state index in [9.17, 15) is 14.4 Å². The number of amides is 3. The van der Waals surface area contributed by atoms with Crippen molar-refractivity contribution in [2.24, 2.45) is 16.3 Å². The van der Waals surface area contributed by atoms with Crippen LogP contribution in [0.2, 0.25) is 0 Å². The molecule has 15 nitrogen and oxygen atoms in total. The number of benzene rings is 3. The van der Waals surface area contributed by atoms with Gasteiger partial charge in [-0.25, -0.2) is 4.79 Å². The fraction of sp³-hybridized carbons (Fsp3) is 0.509. The molecule has 4 fully saturated rings. The number of nitrogens with one attached hydrogen (secondary N) is 2. The molecule has 1 spiro atoms. The lowest BCUT2D eigenvalue weighted by Gasteiger charge is -2.58. The molecule has 362 valence electrons. The van der Waals surface area contributed by atoms with Crippen LogP contribution in [0.5, 0.6) is 17.2 Å². The molecule has 2 saturated heterocycles. The molecule has 68 heavy (non-hydrogen) atoms. The van der Waals surface area contributed by atoms with Crippen molar-refractivity contribution in [1.29, 1.82) is 0 Å². The van der Waals surface area contributed by atoms with Crippen molar-refractivity contribution >= 4 is 35.0 Å². The van der Waals surface area contributed by atoms with Gasteiger partial charge >= 0.3 is 6.09 Å². The van der Waals surface area contributed by atoms with Crippen LogP contribution in [0.1, 0.15) is 69.4 Å². The lowest BCUT2D eigenvalue weighted by molar-refractivity contribution is -0.135. The Balaban J connectivity index is 0.644. The van der Waals surface area contributed by atoms with Crippen LogP contribution < -0.4 is 29.9 Å². The van der Waals surface area contributed by atoms with Crippen molar-refractivity contribution in [3.63, 3.8) is 0 Å². The van der Waals surface area contributed by atoms with Gasteiger partial charge in [0.1, 0.15) is 29.5 Å². The lowest BCUT2D eigenvalue weighted by Crippen LogP contribution is -2.66. The number of carbonyl (C=O) groups excluding carboxylic acids is 3. The summed E-state index contributed by atoms with van der Waals surface area (Å²) in [5.41, 5.74) is 7.62. The Kier molecular flexibility index (Phi) is 15.1. The van der Waals surface area contributed by atoms with Crippen LogP contribution in [0.4, 0.5) is 16.2 Å². The summed E-state index contributed by atoms with van der Waals surface area (Å²) in [6.45, 7) is 9.66. The number of aliphatic imine (C=N–C) groups is 1. The summed E-state index contributed by atoms with van der Waals surface area (Å²) in [7, 11) is 1.60. The van der Waals surface area contributed by atoms with Crippen LogP contribution in [0, 0.1) is 18.3 Å². The maximum Gasteiger partial charge on any atom is 0.412 e. The molecule has 0 radical (unpaired) electrons. The number of ether oxygens (including phenoxy) is 4. The molecular weight excluding hydrogens is 863 g/mol. The number of hydroxylamine groups is 1. The first-order valence-electron chi connectivity index (χ1n) is 24.6. The van der Waals surface area contributed by atoms with E-state index < -0.39 is 18.2 Å². The normalized spacial score (nSPS) is 25.2. The van der Waals surface area contributed by atoms with Crippen molar-refractivity contribution < 1.29 is 38.2 Å². The average Bonchev–Trinajstić information content (AvgIpc) is 3.86. The lowest BCUT2D eigenvalue weighted by atomic mass is 9.68. The average molecular weight is 930 g/mol. The molecule has 3 amide bonds. The number of allylic oxidation sites excluding steroid dienone is 3. The standard InChI is InChI=1S/C53H67N7O8/c1-4-65-46-16-9-8-15-44(46)60-49(55-42-14-7-6-13-41(42)51(60)62)35-57-26-28-58(29-27-57)50(61)36-66-39-21-19-38(20-22-39)34-54-67-30-11-5-10-25-59-47-17-12-24-53(47)33-40(32-48(53)59)68-52(63)56-43-31-37(2)18-23-45(43)64-3/h6-9,13-16,18-23,31,40-41,47-49,54H,4-5,10-12,17,24-30,32-36H2,1-3H3,(H,56,63). The van der Waals surface area contributed by atoms with Crippen LogP contribution >= 0.6 is 0 Å². The second-order valence-corrected chi connectivity index (χ2v) is 18.9.